The fraction of sp³-hybridized carbons (Fsp3) is 0.214. The minimum absolute atomic E-state index is 0.664. The molecule has 1 heterocycles. The molecule has 1 N–H and O–H groups in total. The number of hydrogen-bond acceptors (Lipinski definition) is 3. The number of rotatable bonds is 6. The van der Waals surface area contributed by atoms with Crippen LogP contribution in [0, 0.1) is 0 Å². The van der Waals surface area contributed by atoms with Gasteiger partial charge < -0.3 is 10.1 Å². The smallest absolute Gasteiger partial charge is 0.119 e. The van der Waals surface area contributed by atoms with Gasteiger partial charge in [0.25, 0.3) is 0 Å². The van der Waals surface area contributed by atoms with Crippen molar-refractivity contribution in [1.29, 1.82) is 0 Å². The van der Waals surface area contributed by atoms with Gasteiger partial charge in [0.15, 0.2) is 0 Å². The third kappa shape index (κ3) is 4.25. The van der Waals surface area contributed by atoms with Crippen molar-refractivity contribution in [2.45, 2.75) is 6.54 Å². The normalized spacial score (nSPS) is 10.1. The quantitative estimate of drug-likeness (QED) is 0.770. The Morgan fingerprint density at radius 3 is 2.59 bits per heavy atom. The SMILES string of the molecule is c1ccc(OCCNCc2ccccn2)cc1. The second kappa shape index (κ2) is 6.66. The maximum Gasteiger partial charge on any atom is 0.119 e. The summed E-state index contributed by atoms with van der Waals surface area (Å²) in [6.07, 6.45) is 1.80. The monoisotopic (exact) mass is 228 g/mol. The molecule has 0 aliphatic rings. The van der Waals surface area contributed by atoms with E-state index in [0.717, 1.165) is 24.5 Å². The molecule has 0 aliphatic carbocycles. The van der Waals surface area contributed by atoms with Crippen molar-refractivity contribution >= 4 is 0 Å². The largest absolute Gasteiger partial charge is 0.492 e. The van der Waals surface area contributed by atoms with Gasteiger partial charge in [-0.05, 0) is 24.3 Å². The molecular weight excluding hydrogens is 212 g/mol. The van der Waals surface area contributed by atoms with Crippen LogP contribution in [0.4, 0.5) is 0 Å². The molecule has 1 aromatic carbocycles. The molecule has 3 nitrogen and oxygen atoms in total. The average molecular weight is 228 g/mol. The van der Waals surface area contributed by atoms with Crippen molar-refractivity contribution < 1.29 is 4.74 Å². The number of benzene rings is 1. The second-order valence-corrected chi connectivity index (χ2v) is 3.66. The van der Waals surface area contributed by atoms with E-state index < -0.39 is 0 Å². The second-order valence-electron chi connectivity index (χ2n) is 3.66. The Hall–Kier alpha value is -1.87. The van der Waals surface area contributed by atoms with Gasteiger partial charge in [-0.25, -0.2) is 0 Å². The van der Waals surface area contributed by atoms with Gasteiger partial charge in [0.2, 0.25) is 0 Å². The molecule has 1 aromatic heterocycles. The number of pyridine rings is 1. The summed E-state index contributed by atoms with van der Waals surface area (Å²) in [6.45, 7) is 2.25. The molecule has 0 amide bonds. The number of aromatic nitrogens is 1. The number of para-hydroxylation sites is 1. The van der Waals surface area contributed by atoms with E-state index in [1.165, 1.54) is 0 Å². The fourth-order valence-corrected chi connectivity index (χ4v) is 1.48. The number of ether oxygens (including phenoxy) is 1. The van der Waals surface area contributed by atoms with Gasteiger partial charge in [0.1, 0.15) is 12.4 Å². The van der Waals surface area contributed by atoms with Gasteiger partial charge in [-0.1, -0.05) is 24.3 Å². The summed E-state index contributed by atoms with van der Waals surface area (Å²) >= 11 is 0. The molecule has 0 saturated carbocycles. The average Bonchev–Trinajstić information content (AvgIpc) is 2.41. The summed E-state index contributed by atoms with van der Waals surface area (Å²) in [5.41, 5.74) is 1.05. The lowest BCUT2D eigenvalue weighted by molar-refractivity contribution is 0.313. The Kier molecular flexibility index (Phi) is 4.55. The highest BCUT2D eigenvalue weighted by atomic mass is 16.5. The summed E-state index contributed by atoms with van der Waals surface area (Å²) in [5.74, 6) is 0.909. The standard InChI is InChI=1S/C14H16N2O/c1-2-7-14(8-3-1)17-11-10-15-12-13-6-4-5-9-16-13/h1-9,15H,10-12H2. The van der Waals surface area contributed by atoms with E-state index in [1.807, 2.05) is 48.5 Å². The zero-order valence-corrected chi connectivity index (χ0v) is 9.67. The first-order valence-electron chi connectivity index (χ1n) is 5.73. The minimum Gasteiger partial charge on any atom is -0.492 e. The number of nitrogens with one attached hydrogen (secondary N) is 1. The zero-order chi connectivity index (χ0) is 11.8. The van der Waals surface area contributed by atoms with Crippen molar-refractivity contribution in [3.05, 3.63) is 60.4 Å². The van der Waals surface area contributed by atoms with Crippen molar-refractivity contribution in [3.8, 4) is 5.75 Å². The van der Waals surface area contributed by atoms with E-state index in [0.29, 0.717) is 6.61 Å². The van der Waals surface area contributed by atoms with E-state index in [2.05, 4.69) is 10.3 Å². The Morgan fingerprint density at radius 1 is 1.00 bits per heavy atom. The Balaban J connectivity index is 1.61. The molecule has 2 aromatic rings. The van der Waals surface area contributed by atoms with E-state index in [4.69, 9.17) is 4.74 Å². The molecular formula is C14H16N2O. The summed E-state index contributed by atoms with van der Waals surface area (Å²) in [5, 5.41) is 3.28. The van der Waals surface area contributed by atoms with Crippen LogP contribution in [0.3, 0.4) is 0 Å². The van der Waals surface area contributed by atoms with E-state index in [-0.39, 0.29) is 0 Å². The van der Waals surface area contributed by atoms with Crippen LogP contribution in [-0.2, 0) is 6.54 Å². The summed E-state index contributed by atoms with van der Waals surface area (Å²) in [6, 6.07) is 15.7. The lowest BCUT2D eigenvalue weighted by atomic mass is 10.3. The molecule has 0 fully saturated rings. The minimum atomic E-state index is 0.664. The predicted octanol–water partition coefficient (Wildman–Crippen LogP) is 2.25. The van der Waals surface area contributed by atoms with E-state index >= 15 is 0 Å². The highest BCUT2D eigenvalue weighted by molar-refractivity contribution is 5.20. The van der Waals surface area contributed by atoms with Gasteiger partial charge in [-0.3, -0.25) is 4.98 Å². The Bertz CT molecular complexity index is 375. The molecule has 0 bridgehead atoms. The summed E-state index contributed by atoms with van der Waals surface area (Å²) in [4.78, 5) is 4.23. The van der Waals surface area contributed by atoms with Crippen LogP contribution < -0.4 is 10.1 Å². The summed E-state index contributed by atoms with van der Waals surface area (Å²) < 4.78 is 5.56. The maximum absolute atomic E-state index is 5.56. The van der Waals surface area contributed by atoms with E-state index in [9.17, 15) is 0 Å². The van der Waals surface area contributed by atoms with Crippen molar-refractivity contribution in [3.63, 3.8) is 0 Å². The fourth-order valence-electron chi connectivity index (χ4n) is 1.48. The highest BCUT2D eigenvalue weighted by Gasteiger charge is 1.93. The zero-order valence-electron chi connectivity index (χ0n) is 9.67. The molecule has 0 aliphatic heterocycles. The van der Waals surface area contributed by atoms with Crippen molar-refractivity contribution in [2.24, 2.45) is 0 Å². The molecule has 2 rings (SSSR count). The van der Waals surface area contributed by atoms with Crippen LogP contribution in [-0.4, -0.2) is 18.1 Å². The van der Waals surface area contributed by atoms with Gasteiger partial charge in [0, 0.05) is 19.3 Å². The molecule has 0 atom stereocenters. The van der Waals surface area contributed by atoms with Crippen LogP contribution in [0.15, 0.2) is 54.7 Å². The van der Waals surface area contributed by atoms with E-state index in [1.54, 1.807) is 6.20 Å². The van der Waals surface area contributed by atoms with Crippen LogP contribution in [0.2, 0.25) is 0 Å². The molecule has 3 heteroatoms. The van der Waals surface area contributed by atoms with Gasteiger partial charge in [-0.2, -0.15) is 0 Å². The number of hydrogen-bond donors (Lipinski definition) is 1. The molecule has 0 unspecified atom stereocenters. The lowest BCUT2D eigenvalue weighted by Gasteiger charge is -2.06. The van der Waals surface area contributed by atoms with Crippen LogP contribution in [0.1, 0.15) is 5.69 Å². The Morgan fingerprint density at radius 2 is 1.82 bits per heavy atom. The predicted molar refractivity (Wildman–Crippen MR) is 67.9 cm³/mol. The Labute approximate surface area is 101 Å². The number of nitrogens with zero attached hydrogens (tertiary/aromatic N) is 1. The first-order chi connectivity index (χ1) is 8.45. The highest BCUT2D eigenvalue weighted by Crippen LogP contribution is 2.07. The molecule has 0 radical (unpaired) electrons. The van der Waals surface area contributed by atoms with Crippen molar-refractivity contribution in [2.75, 3.05) is 13.2 Å². The molecule has 88 valence electrons. The third-order valence-corrected chi connectivity index (χ3v) is 2.32. The van der Waals surface area contributed by atoms with Crippen LogP contribution >= 0.6 is 0 Å². The first kappa shape index (κ1) is 11.6. The van der Waals surface area contributed by atoms with Crippen molar-refractivity contribution in [1.82, 2.24) is 10.3 Å². The summed E-state index contributed by atoms with van der Waals surface area (Å²) in [7, 11) is 0. The molecule has 0 saturated heterocycles. The van der Waals surface area contributed by atoms with Gasteiger partial charge in [-0.15, -0.1) is 0 Å². The molecule has 17 heavy (non-hydrogen) atoms. The lowest BCUT2D eigenvalue weighted by Crippen LogP contribution is -2.21. The van der Waals surface area contributed by atoms with Crippen LogP contribution in [0.25, 0.3) is 0 Å². The third-order valence-electron chi connectivity index (χ3n) is 2.32. The first-order valence-corrected chi connectivity index (χ1v) is 5.73. The van der Waals surface area contributed by atoms with Gasteiger partial charge in [0.05, 0.1) is 5.69 Å². The molecule has 0 spiro atoms. The maximum atomic E-state index is 5.56. The van der Waals surface area contributed by atoms with Gasteiger partial charge >= 0.3 is 0 Å². The topological polar surface area (TPSA) is 34.1 Å². The van der Waals surface area contributed by atoms with Crippen LogP contribution in [0.5, 0.6) is 5.75 Å².